The molecule has 0 spiro atoms. The zero-order valence-electron chi connectivity index (χ0n) is 15.7. The highest BCUT2D eigenvalue weighted by atomic mass is 35.5. The van der Waals surface area contributed by atoms with Gasteiger partial charge in [-0.3, -0.25) is 19.4 Å². The van der Waals surface area contributed by atoms with Crippen molar-refractivity contribution >= 4 is 23.4 Å². The highest BCUT2D eigenvalue weighted by Crippen LogP contribution is 2.13. The molecule has 1 aromatic carbocycles. The lowest BCUT2D eigenvalue weighted by Crippen LogP contribution is -2.50. The van der Waals surface area contributed by atoms with E-state index in [0.717, 1.165) is 37.7 Å². The maximum absolute atomic E-state index is 12.5. The number of carbonyl (C=O) groups is 2. The molecule has 2 amide bonds. The molecule has 0 radical (unpaired) electrons. The summed E-state index contributed by atoms with van der Waals surface area (Å²) in [5.41, 5.74) is 1.25. The van der Waals surface area contributed by atoms with Crippen LogP contribution in [0.25, 0.3) is 0 Å². The Hall–Kier alpha value is -1.63. The molecule has 2 rings (SSSR count). The largest absolute Gasteiger partial charge is 0.355 e. The van der Waals surface area contributed by atoms with Gasteiger partial charge in [0.1, 0.15) is 0 Å². The molecule has 1 N–H and O–H groups in total. The van der Waals surface area contributed by atoms with E-state index in [4.69, 9.17) is 11.6 Å². The second-order valence-electron chi connectivity index (χ2n) is 6.54. The van der Waals surface area contributed by atoms with E-state index in [1.54, 1.807) is 4.90 Å². The molecular weight excluding hydrogens is 352 g/mol. The fourth-order valence-electron chi connectivity index (χ4n) is 3.05. The van der Waals surface area contributed by atoms with Gasteiger partial charge in [-0.15, -0.1) is 0 Å². The molecule has 0 saturated carbocycles. The van der Waals surface area contributed by atoms with E-state index in [2.05, 4.69) is 27.2 Å². The van der Waals surface area contributed by atoms with Crippen molar-refractivity contribution in [2.75, 3.05) is 52.4 Å². The van der Waals surface area contributed by atoms with Gasteiger partial charge in [-0.2, -0.15) is 0 Å². The van der Waals surface area contributed by atoms with E-state index in [9.17, 15) is 9.59 Å². The van der Waals surface area contributed by atoms with Crippen molar-refractivity contribution in [2.45, 2.75) is 20.4 Å². The third-order valence-electron chi connectivity index (χ3n) is 4.59. The minimum atomic E-state index is -0.101. The summed E-state index contributed by atoms with van der Waals surface area (Å²) in [6.45, 7) is 9.90. The lowest BCUT2D eigenvalue weighted by atomic mass is 10.2. The third-order valence-corrected chi connectivity index (χ3v) is 4.84. The Labute approximate surface area is 161 Å². The summed E-state index contributed by atoms with van der Waals surface area (Å²) >= 11 is 5.93. The van der Waals surface area contributed by atoms with E-state index in [1.165, 1.54) is 5.56 Å². The summed E-state index contributed by atoms with van der Waals surface area (Å²) in [6.07, 6.45) is 0. The van der Waals surface area contributed by atoms with E-state index in [0.29, 0.717) is 19.6 Å². The van der Waals surface area contributed by atoms with E-state index >= 15 is 0 Å². The number of carbonyl (C=O) groups excluding carboxylic acids is 2. The number of nitrogens with one attached hydrogen (secondary N) is 1. The topological polar surface area (TPSA) is 55.9 Å². The minimum absolute atomic E-state index is 0.0184. The molecule has 144 valence electrons. The molecule has 1 saturated heterocycles. The van der Waals surface area contributed by atoms with Gasteiger partial charge >= 0.3 is 0 Å². The lowest BCUT2D eigenvalue weighted by Gasteiger charge is -2.35. The first-order valence-corrected chi connectivity index (χ1v) is 9.63. The number of nitrogens with zero attached hydrogens (tertiary/aromatic N) is 3. The van der Waals surface area contributed by atoms with Gasteiger partial charge in [0.05, 0.1) is 13.1 Å². The van der Waals surface area contributed by atoms with Crippen molar-refractivity contribution in [2.24, 2.45) is 0 Å². The van der Waals surface area contributed by atoms with Crippen molar-refractivity contribution in [3.8, 4) is 0 Å². The summed E-state index contributed by atoms with van der Waals surface area (Å²) in [6, 6.07) is 7.94. The van der Waals surface area contributed by atoms with Crippen LogP contribution in [0.1, 0.15) is 19.4 Å². The maximum atomic E-state index is 12.5. The first-order chi connectivity index (χ1) is 12.5. The quantitative estimate of drug-likeness (QED) is 0.741. The Bertz CT molecular complexity index is 586. The number of benzene rings is 1. The zero-order chi connectivity index (χ0) is 18.9. The summed E-state index contributed by atoms with van der Waals surface area (Å²) < 4.78 is 0. The van der Waals surface area contributed by atoms with Gasteiger partial charge in [-0.1, -0.05) is 23.7 Å². The Balaban J connectivity index is 1.75. The number of likely N-dealkylation sites (N-methyl/N-ethyl adjacent to an activating group) is 2. The van der Waals surface area contributed by atoms with Gasteiger partial charge in [-0.25, -0.2) is 0 Å². The summed E-state index contributed by atoms with van der Waals surface area (Å²) in [7, 11) is 0. The molecule has 0 aliphatic carbocycles. The molecule has 1 aromatic rings. The van der Waals surface area contributed by atoms with Crippen LogP contribution in [0, 0.1) is 0 Å². The number of rotatable bonds is 8. The van der Waals surface area contributed by atoms with Gasteiger partial charge < -0.3 is 10.2 Å². The Morgan fingerprint density at radius 1 is 1.08 bits per heavy atom. The molecule has 7 heteroatoms. The maximum Gasteiger partial charge on any atom is 0.239 e. The van der Waals surface area contributed by atoms with E-state index < -0.39 is 0 Å². The van der Waals surface area contributed by atoms with Gasteiger partial charge in [0, 0.05) is 50.8 Å². The normalized spacial score (nSPS) is 15.7. The molecule has 6 nitrogen and oxygen atoms in total. The van der Waals surface area contributed by atoms with Crippen LogP contribution >= 0.6 is 11.6 Å². The molecule has 0 atom stereocenters. The van der Waals surface area contributed by atoms with Crippen molar-refractivity contribution in [3.63, 3.8) is 0 Å². The number of amides is 2. The number of hydrogen-bond donors (Lipinski definition) is 1. The first kappa shape index (κ1) is 20.7. The van der Waals surface area contributed by atoms with Crippen LogP contribution < -0.4 is 5.32 Å². The molecular formula is C19H29ClN4O2. The molecule has 1 fully saturated rings. The predicted molar refractivity (Wildman–Crippen MR) is 104 cm³/mol. The average Bonchev–Trinajstić information content (AvgIpc) is 2.63. The van der Waals surface area contributed by atoms with Crippen LogP contribution in [0.15, 0.2) is 24.3 Å². The summed E-state index contributed by atoms with van der Waals surface area (Å²) in [4.78, 5) is 30.3. The second kappa shape index (κ2) is 10.5. The molecule has 26 heavy (non-hydrogen) atoms. The van der Waals surface area contributed by atoms with E-state index in [1.807, 2.05) is 26.0 Å². The molecule has 0 bridgehead atoms. The number of halogens is 1. The third kappa shape index (κ3) is 6.59. The van der Waals surface area contributed by atoms with Crippen molar-refractivity contribution in [1.82, 2.24) is 20.0 Å². The van der Waals surface area contributed by atoms with Crippen molar-refractivity contribution in [1.29, 1.82) is 0 Å². The molecule has 1 heterocycles. The van der Waals surface area contributed by atoms with Crippen LogP contribution in [0.5, 0.6) is 0 Å². The average molecular weight is 381 g/mol. The van der Waals surface area contributed by atoms with Crippen LogP contribution in [-0.4, -0.2) is 78.9 Å². The smallest absolute Gasteiger partial charge is 0.239 e. The fourth-order valence-corrected chi connectivity index (χ4v) is 3.17. The Kier molecular flexibility index (Phi) is 8.35. The SMILES string of the molecule is CCNC(=O)CN(CC)C(=O)CN1CCN(Cc2ccc(Cl)cc2)CC1. The van der Waals surface area contributed by atoms with Crippen LogP contribution in [0.3, 0.4) is 0 Å². The van der Waals surface area contributed by atoms with E-state index in [-0.39, 0.29) is 18.4 Å². The summed E-state index contributed by atoms with van der Waals surface area (Å²) in [5.74, 6) is -0.0830. The molecule has 0 aromatic heterocycles. The molecule has 1 aliphatic heterocycles. The Morgan fingerprint density at radius 2 is 1.69 bits per heavy atom. The molecule has 0 unspecified atom stereocenters. The highest BCUT2D eigenvalue weighted by molar-refractivity contribution is 6.30. The predicted octanol–water partition coefficient (Wildman–Crippen LogP) is 1.44. The lowest BCUT2D eigenvalue weighted by molar-refractivity contribution is -0.137. The monoisotopic (exact) mass is 380 g/mol. The second-order valence-corrected chi connectivity index (χ2v) is 6.98. The van der Waals surface area contributed by atoms with Crippen LogP contribution in [-0.2, 0) is 16.1 Å². The van der Waals surface area contributed by atoms with Crippen LogP contribution in [0.4, 0.5) is 0 Å². The van der Waals surface area contributed by atoms with Gasteiger partial charge in [0.25, 0.3) is 0 Å². The summed E-state index contributed by atoms with van der Waals surface area (Å²) in [5, 5.41) is 3.49. The first-order valence-electron chi connectivity index (χ1n) is 9.25. The van der Waals surface area contributed by atoms with Gasteiger partial charge in [0.15, 0.2) is 0 Å². The minimum Gasteiger partial charge on any atom is -0.355 e. The molecule has 1 aliphatic rings. The fraction of sp³-hybridized carbons (Fsp3) is 0.579. The van der Waals surface area contributed by atoms with Crippen LogP contribution in [0.2, 0.25) is 5.02 Å². The van der Waals surface area contributed by atoms with Gasteiger partial charge in [-0.05, 0) is 31.5 Å². The van der Waals surface area contributed by atoms with Gasteiger partial charge in [0.2, 0.25) is 11.8 Å². The standard InChI is InChI=1S/C19H29ClN4O2/c1-3-21-18(25)14-24(4-2)19(26)15-23-11-9-22(10-12-23)13-16-5-7-17(20)8-6-16/h5-8H,3-4,9-15H2,1-2H3,(H,21,25). The number of piperazine rings is 1. The Morgan fingerprint density at radius 3 is 2.27 bits per heavy atom. The van der Waals surface area contributed by atoms with Crippen molar-refractivity contribution in [3.05, 3.63) is 34.9 Å². The van der Waals surface area contributed by atoms with Crippen molar-refractivity contribution < 1.29 is 9.59 Å². The zero-order valence-corrected chi connectivity index (χ0v) is 16.5. The highest BCUT2D eigenvalue weighted by Gasteiger charge is 2.22. The number of hydrogen-bond acceptors (Lipinski definition) is 4.